The van der Waals surface area contributed by atoms with Crippen LogP contribution in [0.25, 0.3) is 0 Å². The molecule has 2 heterocycles. The molecule has 0 bridgehead atoms. The van der Waals surface area contributed by atoms with E-state index in [1.165, 1.54) is 18.2 Å². The molecule has 0 radical (unpaired) electrons. The molecule has 2 amide bonds. The lowest BCUT2D eigenvalue weighted by molar-refractivity contribution is 0.0259. The van der Waals surface area contributed by atoms with Gasteiger partial charge in [0.1, 0.15) is 11.9 Å². The molecule has 8 nitrogen and oxygen atoms in total. The summed E-state index contributed by atoms with van der Waals surface area (Å²) in [5.74, 6) is -0.966. The fourth-order valence-electron chi connectivity index (χ4n) is 4.13. The van der Waals surface area contributed by atoms with E-state index in [9.17, 15) is 14.0 Å². The summed E-state index contributed by atoms with van der Waals surface area (Å²) in [7, 11) is 3.84. The van der Waals surface area contributed by atoms with Gasteiger partial charge in [0.05, 0.1) is 23.3 Å². The normalized spacial score (nSPS) is 15.2. The lowest BCUT2D eigenvalue weighted by atomic mass is 10.0. The number of hydrogen-bond donors (Lipinski definition) is 2. The highest BCUT2D eigenvalue weighted by Crippen LogP contribution is 2.41. The second-order valence-electron chi connectivity index (χ2n) is 9.05. The number of nitrogens with zero attached hydrogens (tertiary/aromatic N) is 3. The minimum atomic E-state index is -0.750. The third kappa shape index (κ3) is 4.51. The van der Waals surface area contributed by atoms with Crippen molar-refractivity contribution in [1.82, 2.24) is 20.0 Å². The van der Waals surface area contributed by atoms with E-state index < -0.39 is 29.5 Å². The molecule has 4 rings (SSSR count). The van der Waals surface area contributed by atoms with Gasteiger partial charge in [-0.25, -0.2) is 9.18 Å². The van der Waals surface area contributed by atoms with Gasteiger partial charge in [-0.05, 0) is 45.6 Å². The van der Waals surface area contributed by atoms with Crippen molar-refractivity contribution >= 4 is 17.8 Å². The average molecular weight is 466 g/mol. The van der Waals surface area contributed by atoms with Crippen molar-refractivity contribution in [3.05, 3.63) is 82.8 Å². The number of aromatic nitrogens is 2. The number of amides is 2. The van der Waals surface area contributed by atoms with Gasteiger partial charge in [-0.15, -0.1) is 0 Å². The number of ether oxygens (including phenoxy) is 1. The number of anilines is 1. The van der Waals surface area contributed by atoms with Crippen LogP contribution in [0.5, 0.6) is 0 Å². The lowest BCUT2D eigenvalue weighted by Crippen LogP contribution is -2.42. The van der Waals surface area contributed by atoms with Gasteiger partial charge in [0, 0.05) is 12.1 Å². The summed E-state index contributed by atoms with van der Waals surface area (Å²) in [5, 5.41) is 9.80. The van der Waals surface area contributed by atoms with Crippen molar-refractivity contribution in [1.29, 1.82) is 0 Å². The highest BCUT2D eigenvalue weighted by molar-refractivity contribution is 6.04. The van der Waals surface area contributed by atoms with Crippen molar-refractivity contribution in [3.63, 3.8) is 0 Å². The van der Waals surface area contributed by atoms with Crippen molar-refractivity contribution in [2.75, 3.05) is 26.0 Å². The van der Waals surface area contributed by atoms with Crippen LogP contribution in [0.3, 0.4) is 0 Å². The second-order valence-corrected chi connectivity index (χ2v) is 9.05. The first kappa shape index (κ1) is 23.4. The van der Waals surface area contributed by atoms with Gasteiger partial charge >= 0.3 is 6.09 Å². The molecular formula is C25H28FN5O3. The Hall–Kier alpha value is -3.72. The second kappa shape index (κ2) is 9.26. The molecule has 34 heavy (non-hydrogen) atoms. The van der Waals surface area contributed by atoms with E-state index in [0.717, 1.165) is 5.56 Å². The van der Waals surface area contributed by atoms with Crippen LogP contribution in [0.15, 0.2) is 54.6 Å². The number of hydrogen-bond acceptors (Lipinski definition) is 5. The number of aromatic amines is 1. The zero-order valence-corrected chi connectivity index (χ0v) is 19.6. The molecule has 1 aliphatic heterocycles. The fourth-order valence-corrected chi connectivity index (χ4v) is 4.13. The number of rotatable bonds is 6. The van der Waals surface area contributed by atoms with Crippen LogP contribution < -0.4 is 5.32 Å². The zero-order valence-electron chi connectivity index (χ0n) is 19.6. The molecule has 0 saturated carbocycles. The molecule has 1 atom stereocenters. The van der Waals surface area contributed by atoms with Gasteiger partial charge in [0.25, 0.3) is 5.91 Å². The summed E-state index contributed by atoms with van der Waals surface area (Å²) >= 11 is 0. The third-order valence-corrected chi connectivity index (χ3v) is 5.99. The highest BCUT2D eigenvalue weighted by Gasteiger charge is 2.45. The summed E-state index contributed by atoms with van der Waals surface area (Å²) in [6, 6.07) is 15.3. The van der Waals surface area contributed by atoms with Crippen LogP contribution in [-0.4, -0.2) is 52.6 Å². The standard InChI is InChI=1S/C25H28FN5O3/c1-25(2)21-18(22(29-28-21)27-23(32)17-12-8-9-13-19(17)26)14-31(25)24(33)34-20(15-30(3)4)16-10-6-5-7-11-16/h5-13,20H,14-15H2,1-4H3,(H2,27,28,29,32). The smallest absolute Gasteiger partial charge is 0.411 e. The molecular weight excluding hydrogens is 437 g/mol. The topological polar surface area (TPSA) is 90.6 Å². The molecule has 1 aromatic heterocycles. The van der Waals surface area contributed by atoms with Gasteiger partial charge in [-0.3, -0.25) is 14.8 Å². The first-order chi connectivity index (χ1) is 16.2. The minimum absolute atomic E-state index is 0.0813. The van der Waals surface area contributed by atoms with E-state index >= 15 is 0 Å². The monoisotopic (exact) mass is 465 g/mol. The van der Waals surface area contributed by atoms with E-state index in [2.05, 4.69) is 15.5 Å². The lowest BCUT2D eigenvalue weighted by Gasteiger charge is -2.33. The summed E-state index contributed by atoms with van der Waals surface area (Å²) in [6.07, 6.45) is -0.923. The number of carbonyl (C=O) groups is 2. The number of carbonyl (C=O) groups excluding carboxylic acids is 2. The van der Waals surface area contributed by atoms with Crippen LogP contribution in [-0.2, 0) is 16.8 Å². The Bertz CT molecular complexity index is 1190. The zero-order chi connectivity index (χ0) is 24.5. The first-order valence-electron chi connectivity index (χ1n) is 11.0. The van der Waals surface area contributed by atoms with Gasteiger partial charge in [-0.1, -0.05) is 42.5 Å². The van der Waals surface area contributed by atoms with Crippen LogP contribution in [0.4, 0.5) is 15.0 Å². The summed E-state index contributed by atoms with van der Waals surface area (Å²) < 4.78 is 20.0. The maximum atomic E-state index is 14.0. The van der Waals surface area contributed by atoms with E-state index in [1.807, 2.05) is 63.2 Å². The predicted octanol–water partition coefficient (Wildman–Crippen LogP) is 4.29. The number of likely N-dealkylation sites (N-methyl/N-ethyl adjacent to an activating group) is 1. The molecule has 9 heteroatoms. The quantitative estimate of drug-likeness (QED) is 0.567. The van der Waals surface area contributed by atoms with E-state index in [0.29, 0.717) is 17.8 Å². The van der Waals surface area contributed by atoms with Crippen molar-refractivity contribution in [2.24, 2.45) is 0 Å². The molecule has 3 aromatic rings. The number of fused-ring (bicyclic) bond motifs is 1. The largest absolute Gasteiger partial charge is 0.440 e. The van der Waals surface area contributed by atoms with Crippen molar-refractivity contribution < 1.29 is 18.7 Å². The summed E-state index contributed by atoms with van der Waals surface area (Å²) in [4.78, 5) is 29.5. The number of nitrogens with one attached hydrogen (secondary N) is 2. The maximum Gasteiger partial charge on any atom is 0.411 e. The molecule has 0 spiro atoms. The Kier molecular flexibility index (Phi) is 6.39. The highest BCUT2D eigenvalue weighted by atomic mass is 19.1. The van der Waals surface area contributed by atoms with Crippen LogP contribution in [0.2, 0.25) is 0 Å². The molecule has 2 N–H and O–H groups in total. The fraction of sp³-hybridized carbons (Fsp3) is 0.320. The van der Waals surface area contributed by atoms with Gasteiger partial charge in [-0.2, -0.15) is 5.10 Å². The van der Waals surface area contributed by atoms with E-state index in [-0.39, 0.29) is 17.9 Å². The summed E-state index contributed by atoms with van der Waals surface area (Å²) in [5.41, 5.74) is 1.43. The van der Waals surface area contributed by atoms with E-state index in [4.69, 9.17) is 4.74 Å². The molecule has 0 saturated heterocycles. The van der Waals surface area contributed by atoms with Gasteiger partial charge in [0.2, 0.25) is 0 Å². The van der Waals surface area contributed by atoms with Crippen molar-refractivity contribution in [2.45, 2.75) is 32.0 Å². The minimum Gasteiger partial charge on any atom is -0.440 e. The average Bonchev–Trinajstić information content (AvgIpc) is 3.31. The molecule has 1 aliphatic rings. The first-order valence-corrected chi connectivity index (χ1v) is 11.0. The predicted molar refractivity (Wildman–Crippen MR) is 126 cm³/mol. The molecule has 1 unspecified atom stereocenters. The SMILES string of the molecule is CN(C)CC(OC(=O)N1Cc2c(NC(=O)c3ccccc3F)n[nH]c2C1(C)C)c1ccccc1. The Labute approximate surface area is 197 Å². The molecule has 178 valence electrons. The third-order valence-electron chi connectivity index (χ3n) is 5.99. The summed E-state index contributed by atoms with van der Waals surface area (Å²) in [6.45, 7) is 4.48. The molecule has 0 fully saturated rings. The number of halogens is 1. The van der Waals surface area contributed by atoms with Crippen LogP contribution >= 0.6 is 0 Å². The number of H-pyrrole nitrogens is 1. The van der Waals surface area contributed by atoms with Crippen LogP contribution in [0.1, 0.15) is 47.1 Å². The molecule has 2 aromatic carbocycles. The Morgan fingerprint density at radius 2 is 1.85 bits per heavy atom. The number of benzene rings is 2. The Morgan fingerprint density at radius 1 is 1.18 bits per heavy atom. The Balaban J connectivity index is 1.53. The van der Waals surface area contributed by atoms with E-state index in [1.54, 1.807) is 11.0 Å². The van der Waals surface area contributed by atoms with Gasteiger partial charge in [0.15, 0.2) is 5.82 Å². The Morgan fingerprint density at radius 3 is 2.53 bits per heavy atom. The van der Waals surface area contributed by atoms with Crippen molar-refractivity contribution in [3.8, 4) is 0 Å². The van der Waals surface area contributed by atoms with Crippen LogP contribution in [0, 0.1) is 5.82 Å². The molecule has 0 aliphatic carbocycles. The maximum absolute atomic E-state index is 14.0. The van der Waals surface area contributed by atoms with Gasteiger partial charge < -0.3 is 15.0 Å².